The van der Waals surface area contributed by atoms with Gasteiger partial charge in [-0.3, -0.25) is 0 Å². The van der Waals surface area contributed by atoms with Gasteiger partial charge in [-0.05, 0) is 5.92 Å². The van der Waals surface area contributed by atoms with Crippen LogP contribution in [0.4, 0.5) is 0 Å². The minimum absolute atomic E-state index is 0.301. The van der Waals surface area contributed by atoms with Crippen LogP contribution in [-0.2, 0) is 11.2 Å². The fourth-order valence-corrected chi connectivity index (χ4v) is 1.20. The average Bonchev–Trinajstić information content (AvgIpc) is 2.66. The second-order valence-corrected chi connectivity index (χ2v) is 3.83. The number of hydrogen-bond donors (Lipinski definition) is 1. The summed E-state index contributed by atoms with van der Waals surface area (Å²) in [6.45, 7) is 4.69. The molecule has 0 saturated carbocycles. The summed E-state index contributed by atoms with van der Waals surface area (Å²) in [5, 5.41) is 3.83. The minimum atomic E-state index is -0.301. The second-order valence-electron chi connectivity index (χ2n) is 3.83. The molecule has 0 aliphatic rings. The summed E-state index contributed by atoms with van der Waals surface area (Å²) in [5.41, 5.74) is 5.77. The van der Waals surface area contributed by atoms with Gasteiger partial charge in [-0.15, -0.1) is 0 Å². The Labute approximate surface area is 90.0 Å². The topological polar surface area (TPSA) is 74.2 Å². The molecule has 2 N–H and O–H groups in total. The van der Waals surface area contributed by atoms with Gasteiger partial charge in [0.1, 0.15) is 0 Å². The Morgan fingerprint density at radius 2 is 2.27 bits per heavy atom. The van der Waals surface area contributed by atoms with Crippen LogP contribution in [0.2, 0.25) is 0 Å². The maximum Gasteiger partial charge on any atom is 0.226 e. The lowest BCUT2D eigenvalue weighted by atomic mass is 10.1. The third-order valence-corrected chi connectivity index (χ3v) is 2.38. The number of ether oxygens (including phenoxy) is 1. The highest BCUT2D eigenvalue weighted by Gasteiger charge is 2.15. The van der Waals surface area contributed by atoms with Gasteiger partial charge >= 0.3 is 0 Å². The quantitative estimate of drug-likeness (QED) is 0.771. The van der Waals surface area contributed by atoms with Gasteiger partial charge < -0.3 is 15.0 Å². The molecule has 15 heavy (non-hydrogen) atoms. The largest absolute Gasteiger partial charge is 0.383 e. The summed E-state index contributed by atoms with van der Waals surface area (Å²) >= 11 is 0. The maximum absolute atomic E-state index is 5.77. The van der Waals surface area contributed by atoms with Crippen LogP contribution in [0.1, 0.15) is 38.0 Å². The first-order chi connectivity index (χ1) is 7.17. The average molecular weight is 213 g/mol. The van der Waals surface area contributed by atoms with Crippen LogP contribution in [0, 0.1) is 5.92 Å². The number of aromatic nitrogens is 2. The Kier molecular flexibility index (Phi) is 4.71. The molecular formula is C10H19N3O2. The standard InChI is InChI=1S/C10H19N3O2/c1-4-7(2)5-9-12-10(13-15-9)8(11)6-14-3/h7-8H,4-6,11H2,1-3H3. The van der Waals surface area contributed by atoms with E-state index in [0.717, 1.165) is 12.8 Å². The lowest BCUT2D eigenvalue weighted by molar-refractivity contribution is 0.177. The molecule has 5 nitrogen and oxygen atoms in total. The van der Waals surface area contributed by atoms with Crippen molar-refractivity contribution in [3.63, 3.8) is 0 Å². The highest BCUT2D eigenvalue weighted by Crippen LogP contribution is 2.12. The zero-order valence-corrected chi connectivity index (χ0v) is 9.56. The molecule has 1 heterocycles. The van der Waals surface area contributed by atoms with E-state index in [4.69, 9.17) is 15.0 Å². The molecule has 0 bridgehead atoms. The molecule has 2 atom stereocenters. The molecule has 0 amide bonds. The minimum Gasteiger partial charge on any atom is -0.383 e. The number of nitrogens with two attached hydrogens (primary N) is 1. The molecule has 1 aromatic rings. The zero-order valence-electron chi connectivity index (χ0n) is 9.56. The van der Waals surface area contributed by atoms with E-state index in [1.165, 1.54) is 0 Å². The van der Waals surface area contributed by atoms with E-state index >= 15 is 0 Å². The van der Waals surface area contributed by atoms with Crippen molar-refractivity contribution in [3.8, 4) is 0 Å². The summed E-state index contributed by atoms with van der Waals surface area (Å²) in [4.78, 5) is 4.23. The van der Waals surface area contributed by atoms with Gasteiger partial charge in [0.15, 0.2) is 5.82 Å². The van der Waals surface area contributed by atoms with Crippen molar-refractivity contribution in [2.24, 2.45) is 11.7 Å². The van der Waals surface area contributed by atoms with Crippen molar-refractivity contribution in [1.82, 2.24) is 10.1 Å². The predicted octanol–water partition coefficient (Wildman–Crippen LogP) is 1.30. The number of hydrogen-bond acceptors (Lipinski definition) is 5. The van der Waals surface area contributed by atoms with Crippen LogP contribution in [0.15, 0.2) is 4.52 Å². The summed E-state index contributed by atoms with van der Waals surface area (Å²) < 4.78 is 10.0. The molecule has 0 aliphatic carbocycles. The maximum atomic E-state index is 5.77. The van der Waals surface area contributed by atoms with Crippen molar-refractivity contribution in [1.29, 1.82) is 0 Å². The highest BCUT2D eigenvalue weighted by atomic mass is 16.5. The summed E-state index contributed by atoms with van der Waals surface area (Å²) in [7, 11) is 1.60. The first kappa shape index (κ1) is 12.1. The highest BCUT2D eigenvalue weighted by molar-refractivity contribution is 4.93. The summed E-state index contributed by atoms with van der Waals surface area (Å²) in [5.74, 6) is 1.73. The number of nitrogens with zero attached hydrogens (tertiary/aromatic N) is 2. The van der Waals surface area contributed by atoms with Gasteiger partial charge in [-0.25, -0.2) is 0 Å². The van der Waals surface area contributed by atoms with Crippen molar-refractivity contribution >= 4 is 0 Å². The molecule has 0 saturated heterocycles. The van der Waals surface area contributed by atoms with Gasteiger partial charge in [-0.1, -0.05) is 25.4 Å². The third-order valence-electron chi connectivity index (χ3n) is 2.38. The van der Waals surface area contributed by atoms with E-state index < -0.39 is 0 Å². The molecule has 5 heteroatoms. The van der Waals surface area contributed by atoms with Gasteiger partial charge in [0.05, 0.1) is 12.6 Å². The predicted molar refractivity (Wildman–Crippen MR) is 56.3 cm³/mol. The third kappa shape index (κ3) is 3.60. The van der Waals surface area contributed by atoms with E-state index in [0.29, 0.717) is 24.2 Å². The molecular weight excluding hydrogens is 194 g/mol. The molecule has 0 aliphatic heterocycles. The van der Waals surface area contributed by atoms with Crippen molar-refractivity contribution in [2.45, 2.75) is 32.7 Å². The van der Waals surface area contributed by atoms with E-state index in [2.05, 4.69) is 24.0 Å². The SMILES string of the molecule is CCC(C)Cc1nc(C(N)COC)no1. The molecule has 0 aromatic carbocycles. The van der Waals surface area contributed by atoms with E-state index in [1.54, 1.807) is 7.11 Å². The van der Waals surface area contributed by atoms with Crippen LogP contribution in [-0.4, -0.2) is 23.9 Å². The Morgan fingerprint density at radius 3 is 2.87 bits per heavy atom. The lowest BCUT2D eigenvalue weighted by Crippen LogP contribution is -2.17. The molecule has 0 radical (unpaired) electrons. The first-order valence-corrected chi connectivity index (χ1v) is 5.24. The fourth-order valence-electron chi connectivity index (χ4n) is 1.20. The Hall–Kier alpha value is -0.940. The van der Waals surface area contributed by atoms with Crippen LogP contribution < -0.4 is 5.73 Å². The van der Waals surface area contributed by atoms with Gasteiger partial charge in [0.2, 0.25) is 5.89 Å². The number of rotatable bonds is 6. The van der Waals surface area contributed by atoms with Gasteiger partial charge in [-0.2, -0.15) is 4.98 Å². The summed E-state index contributed by atoms with van der Waals surface area (Å²) in [6, 6.07) is -0.301. The number of methoxy groups -OCH3 is 1. The normalized spacial score (nSPS) is 15.2. The van der Waals surface area contributed by atoms with Crippen LogP contribution in [0.25, 0.3) is 0 Å². The fraction of sp³-hybridized carbons (Fsp3) is 0.800. The Morgan fingerprint density at radius 1 is 1.53 bits per heavy atom. The molecule has 0 fully saturated rings. The van der Waals surface area contributed by atoms with E-state index in [1.807, 2.05) is 0 Å². The second kappa shape index (κ2) is 5.82. The van der Waals surface area contributed by atoms with E-state index in [9.17, 15) is 0 Å². The molecule has 1 rings (SSSR count). The first-order valence-electron chi connectivity index (χ1n) is 5.24. The lowest BCUT2D eigenvalue weighted by Gasteiger charge is -2.04. The Balaban J connectivity index is 2.55. The smallest absolute Gasteiger partial charge is 0.226 e. The molecule has 2 unspecified atom stereocenters. The van der Waals surface area contributed by atoms with Crippen LogP contribution in [0.5, 0.6) is 0 Å². The molecule has 0 spiro atoms. The Bertz CT molecular complexity index is 288. The van der Waals surface area contributed by atoms with Crippen molar-refractivity contribution < 1.29 is 9.26 Å². The monoisotopic (exact) mass is 213 g/mol. The van der Waals surface area contributed by atoms with Crippen LogP contribution >= 0.6 is 0 Å². The van der Waals surface area contributed by atoms with Crippen molar-refractivity contribution in [2.75, 3.05) is 13.7 Å². The van der Waals surface area contributed by atoms with Crippen LogP contribution in [0.3, 0.4) is 0 Å². The summed E-state index contributed by atoms with van der Waals surface area (Å²) in [6.07, 6.45) is 1.91. The van der Waals surface area contributed by atoms with E-state index in [-0.39, 0.29) is 6.04 Å². The molecule has 1 aromatic heterocycles. The van der Waals surface area contributed by atoms with Gasteiger partial charge in [0.25, 0.3) is 0 Å². The van der Waals surface area contributed by atoms with Crippen molar-refractivity contribution in [3.05, 3.63) is 11.7 Å². The van der Waals surface area contributed by atoms with Gasteiger partial charge in [0, 0.05) is 13.5 Å². The zero-order chi connectivity index (χ0) is 11.3. The molecule has 86 valence electrons.